The Morgan fingerprint density at radius 3 is 1.90 bits per heavy atom. The van der Waals surface area contributed by atoms with E-state index in [4.69, 9.17) is 10.5 Å². The molecule has 118 valence electrons. The first kappa shape index (κ1) is 18.9. The summed E-state index contributed by atoms with van der Waals surface area (Å²) in [4.78, 5) is 25.5. The molecule has 0 radical (unpaired) electrons. The highest BCUT2D eigenvalue weighted by atomic mass is 16.5. The molecule has 1 atom stereocenters. The predicted molar refractivity (Wildman–Crippen MR) is 80.2 cm³/mol. The van der Waals surface area contributed by atoms with Gasteiger partial charge in [0.25, 0.3) is 5.91 Å². The normalized spacial score (nSPS) is 12.0. The highest BCUT2D eigenvalue weighted by Gasteiger charge is 2.27. The number of esters is 1. The maximum absolute atomic E-state index is 12.2. The number of hydrogen-bond acceptors (Lipinski definition) is 4. The van der Waals surface area contributed by atoms with Gasteiger partial charge in [0.15, 0.2) is 6.04 Å². The summed E-state index contributed by atoms with van der Waals surface area (Å²) in [6, 6.07) is -1.18. The molecule has 0 bridgehead atoms. The van der Waals surface area contributed by atoms with E-state index in [1.54, 1.807) is 11.8 Å². The summed E-state index contributed by atoms with van der Waals surface area (Å²) < 4.78 is 4.81. The highest BCUT2D eigenvalue weighted by Crippen LogP contribution is 2.05. The van der Waals surface area contributed by atoms with Crippen LogP contribution in [0, 0.1) is 0 Å². The molecule has 0 spiro atoms. The Kier molecular flexibility index (Phi) is 11.1. The minimum absolute atomic E-state index is 0.242. The molecule has 0 aromatic carbocycles. The van der Waals surface area contributed by atoms with Gasteiger partial charge in [-0.3, -0.25) is 4.79 Å². The summed E-state index contributed by atoms with van der Waals surface area (Å²) in [6.07, 6.45) is 6.24. The lowest BCUT2D eigenvalue weighted by atomic mass is 10.2. The van der Waals surface area contributed by atoms with Gasteiger partial charge in [-0.25, -0.2) is 4.79 Å². The second-order valence-corrected chi connectivity index (χ2v) is 4.97. The van der Waals surface area contributed by atoms with E-state index < -0.39 is 12.0 Å². The van der Waals surface area contributed by atoms with Crippen molar-refractivity contribution in [2.45, 2.75) is 65.3 Å². The van der Waals surface area contributed by atoms with E-state index in [1.165, 1.54) is 0 Å². The molecule has 0 aromatic rings. The van der Waals surface area contributed by atoms with Crippen molar-refractivity contribution in [3.8, 4) is 0 Å². The maximum atomic E-state index is 12.2. The third-order valence-corrected chi connectivity index (χ3v) is 3.18. The van der Waals surface area contributed by atoms with Crippen molar-refractivity contribution in [1.82, 2.24) is 4.90 Å². The van der Waals surface area contributed by atoms with E-state index >= 15 is 0 Å². The zero-order chi connectivity index (χ0) is 15.4. The van der Waals surface area contributed by atoms with Crippen LogP contribution >= 0.6 is 0 Å². The SMILES string of the molecule is CCCCCN(CCCCC)C(=O)C(N)C(=O)OCC. The van der Waals surface area contributed by atoms with Gasteiger partial charge in [-0.15, -0.1) is 0 Å². The van der Waals surface area contributed by atoms with Crippen LogP contribution in [0.2, 0.25) is 0 Å². The van der Waals surface area contributed by atoms with Gasteiger partial charge < -0.3 is 15.4 Å². The van der Waals surface area contributed by atoms with E-state index in [1.807, 2.05) is 0 Å². The number of rotatable bonds is 11. The van der Waals surface area contributed by atoms with Gasteiger partial charge in [0.1, 0.15) is 0 Å². The van der Waals surface area contributed by atoms with Crippen molar-refractivity contribution in [2.75, 3.05) is 19.7 Å². The Labute approximate surface area is 122 Å². The topological polar surface area (TPSA) is 72.6 Å². The molecule has 1 amide bonds. The first-order chi connectivity index (χ1) is 9.58. The van der Waals surface area contributed by atoms with Crippen molar-refractivity contribution < 1.29 is 14.3 Å². The minimum Gasteiger partial charge on any atom is -0.464 e. The van der Waals surface area contributed by atoms with Gasteiger partial charge in [0.2, 0.25) is 0 Å². The van der Waals surface area contributed by atoms with Gasteiger partial charge in [-0.05, 0) is 19.8 Å². The number of nitrogens with zero attached hydrogens (tertiary/aromatic N) is 1. The lowest BCUT2D eigenvalue weighted by molar-refractivity contribution is -0.151. The second-order valence-electron chi connectivity index (χ2n) is 4.97. The molecular formula is C15H30N2O3. The number of ether oxygens (including phenoxy) is 1. The summed E-state index contributed by atoms with van der Waals surface area (Å²) >= 11 is 0. The Hall–Kier alpha value is -1.10. The molecule has 5 nitrogen and oxygen atoms in total. The monoisotopic (exact) mass is 286 g/mol. The standard InChI is InChI=1S/C15H30N2O3/c1-4-7-9-11-17(12-10-8-5-2)14(18)13(16)15(19)20-6-3/h13H,4-12,16H2,1-3H3. The van der Waals surface area contributed by atoms with Crippen LogP contribution in [-0.4, -0.2) is 42.5 Å². The zero-order valence-electron chi connectivity index (χ0n) is 13.2. The number of nitrogens with two attached hydrogens (primary N) is 1. The van der Waals surface area contributed by atoms with Gasteiger partial charge in [0, 0.05) is 13.1 Å². The third kappa shape index (κ3) is 7.48. The maximum Gasteiger partial charge on any atom is 0.332 e. The molecule has 0 heterocycles. The van der Waals surface area contributed by atoms with E-state index in [2.05, 4.69) is 13.8 Å². The molecule has 0 aliphatic carbocycles. The highest BCUT2D eigenvalue weighted by molar-refractivity contribution is 6.01. The Morgan fingerprint density at radius 1 is 1.00 bits per heavy atom. The summed E-state index contributed by atoms with van der Waals surface area (Å²) in [7, 11) is 0. The molecule has 0 aliphatic rings. The van der Waals surface area contributed by atoms with Crippen molar-refractivity contribution >= 4 is 11.9 Å². The number of unbranched alkanes of at least 4 members (excludes halogenated alkanes) is 4. The van der Waals surface area contributed by atoms with E-state index in [9.17, 15) is 9.59 Å². The van der Waals surface area contributed by atoms with E-state index in [-0.39, 0.29) is 12.5 Å². The number of amides is 1. The van der Waals surface area contributed by atoms with Crippen molar-refractivity contribution in [3.63, 3.8) is 0 Å². The average molecular weight is 286 g/mol. The van der Waals surface area contributed by atoms with Crippen LogP contribution in [0.3, 0.4) is 0 Å². The number of hydrogen-bond donors (Lipinski definition) is 1. The fourth-order valence-electron chi connectivity index (χ4n) is 1.97. The van der Waals surface area contributed by atoms with Crippen LogP contribution in [0.15, 0.2) is 0 Å². The quantitative estimate of drug-likeness (QED) is 0.358. The smallest absolute Gasteiger partial charge is 0.332 e. The summed E-state index contributed by atoms with van der Waals surface area (Å²) in [5.41, 5.74) is 5.69. The van der Waals surface area contributed by atoms with Crippen molar-refractivity contribution in [2.24, 2.45) is 5.73 Å². The minimum atomic E-state index is -1.18. The fraction of sp³-hybridized carbons (Fsp3) is 0.867. The molecule has 5 heteroatoms. The number of carbonyl (C=O) groups excluding carboxylic acids is 2. The molecule has 0 aromatic heterocycles. The molecule has 20 heavy (non-hydrogen) atoms. The molecular weight excluding hydrogens is 256 g/mol. The Morgan fingerprint density at radius 2 is 1.50 bits per heavy atom. The first-order valence-corrected chi connectivity index (χ1v) is 7.79. The van der Waals surface area contributed by atoms with Crippen LogP contribution in [0.5, 0.6) is 0 Å². The molecule has 0 saturated carbocycles. The molecule has 0 fully saturated rings. The second kappa shape index (κ2) is 11.7. The van der Waals surface area contributed by atoms with E-state index in [0.29, 0.717) is 13.1 Å². The van der Waals surface area contributed by atoms with Crippen molar-refractivity contribution in [1.29, 1.82) is 0 Å². The zero-order valence-corrected chi connectivity index (χ0v) is 13.2. The van der Waals surface area contributed by atoms with Crippen LogP contribution in [0.1, 0.15) is 59.3 Å². The van der Waals surface area contributed by atoms with Gasteiger partial charge in [-0.1, -0.05) is 39.5 Å². The van der Waals surface area contributed by atoms with Crippen LogP contribution in [-0.2, 0) is 14.3 Å². The lowest BCUT2D eigenvalue weighted by Gasteiger charge is -2.25. The van der Waals surface area contributed by atoms with Gasteiger partial charge in [-0.2, -0.15) is 0 Å². The van der Waals surface area contributed by atoms with E-state index in [0.717, 1.165) is 38.5 Å². The molecule has 0 rings (SSSR count). The van der Waals surface area contributed by atoms with Crippen LogP contribution in [0.4, 0.5) is 0 Å². The van der Waals surface area contributed by atoms with Gasteiger partial charge >= 0.3 is 5.97 Å². The summed E-state index contributed by atoms with van der Waals surface area (Å²) in [5, 5.41) is 0. The Bertz CT molecular complexity index is 272. The molecule has 0 saturated heterocycles. The lowest BCUT2D eigenvalue weighted by Crippen LogP contribution is -2.49. The predicted octanol–water partition coefficient (Wildman–Crippen LogP) is 2.09. The first-order valence-electron chi connectivity index (χ1n) is 7.79. The fourth-order valence-corrected chi connectivity index (χ4v) is 1.97. The third-order valence-electron chi connectivity index (χ3n) is 3.18. The van der Waals surface area contributed by atoms with Crippen molar-refractivity contribution in [3.05, 3.63) is 0 Å². The molecule has 2 N–H and O–H groups in total. The molecule has 1 unspecified atom stereocenters. The van der Waals surface area contributed by atoms with Gasteiger partial charge in [0.05, 0.1) is 6.61 Å². The average Bonchev–Trinajstić information content (AvgIpc) is 2.44. The Balaban J connectivity index is 4.46. The van der Waals surface area contributed by atoms with Crippen LogP contribution < -0.4 is 5.73 Å². The van der Waals surface area contributed by atoms with Crippen LogP contribution in [0.25, 0.3) is 0 Å². The summed E-state index contributed by atoms with van der Waals surface area (Å²) in [6.45, 7) is 7.52. The largest absolute Gasteiger partial charge is 0.464 e. The molecule has 0 aliphatic heterocycles. The number of carbonyl (C=O) groups is 2. The summed E-state index contributed by atoms with van der Waals surface area (Å²) in [5.74, 6) is -0.941.